The lowest BCUT2D eigenvalue weighted by Gasteiger charge is -2.15. The van der Waals surface area contributed by atoms with Gasteiger partial charge < -0.3 is 10.2 Å². The van der Waals surface area contributed by atoms with Crippen LogP contribution in [0.25, 0.3) is 10.6 Å². The Balaban J connectivity index is 1.44. The fourth-order valence-corrected chi connectivity index (χ4v) is 4.10. The van der Waals surface area contributed by atoms with Crippen molar-refractivity contribution in [3.05, 3.63) is 58.9 Å². The van der Waals surface area contributed by atoms with Crippen LogP contribution in [0, 0.1) is 6.92 Å². The van der Waals surface area contributed by atoms with Crippen molar-refractivity contribution < 1.29 is 4.79 Å². The van der Waals surface area contributed by atoms with Crippen LogP contribution in [0.3, 0.4) is 0 Å². The van der Waals surface area contributed by atoms with Gasteiger partial charge in [0.25, 0.3) is 5.91 Å². The molecule has 1 aromatic carbocycles. The second kappa shape index (κ2) is 7.84. The Kier molecular flexibility index (Phi) is 5.11. The third-order valence-electron chi connectivity index (χ3n) is 4.54. The number of anilines is 1. The molecule has 3 aromatic rings. The van der Waals surface area contributed by atoms with Gasteiger partial charge in [0.05, 0.1) is 17.9 Å². The van der Waals surface area contributed by atoms with Gasteiger partial charge in [0, 0.05) is 24.8 Å². The summed E-state index contributed by atoms with van der Waals surface area (Å²) in [5.74, 6) is 0.632. The molecule has 2 aromatic heterocycles. The highest BCUT2D eigenvalue weighted by Crippen LogP contribution is 2.27. The fraction of sp³-hybridized carbons (Fsp3) is 0.300. The largest absolute Gasteiger partial charge is 0.346 e. The molecule has 0 unspecified atom stereocenters. The first kappa shape index (κ1) is 17.6. The van der Waals surface area contributed by atoms with Crippen molar-refractivity contribution in [1.82, 2.24) is 20.3 Å². The lowest BCUT2D eigenvalue weighted by atomic mass is 10.2. The Labute approximate surface area is 162 Å². The standard InChI is InChI=1S/C20H21N5OS/c1-14-17(27-19(23-14)15-7-3-2-4-8-15)18(26)22-13-16-9-10-21-20(24-16)25-11-5-6-12-25/h2-4,7-10H,5-6,11-13H2,1H3,(H,22,26). The van der Waals surface area contributed by atoms with Crippen molar-refractivity contribution >= 4 is 23.2 Å². The predicted molar refractivity (Wildman–Crippen MR) is 107 cm³/mol. The molecule has 1 N–H and O–H groups in total. The van der Waals surface area contributed by atoms with E-state index in [1.54, 1.807) is 6.20 Å². The number of rotatable bonds is 5. The summed E-state index contributed by atoms with van der Waals surface area (Å²) in [6.07, 6.45) is 4.12. The molecule has 1 amide bonds. The van der Waals surface area contributed by atoms with Gasteiger partial charge in [-0.2, -0.15) is 0 Å². The Morgan fingerprint density at radius 3 is 2.70 bits per heavy atom. The Bertz CT molecular complexity index is 935. The van der Waals surface area contributed by atoms with Gasteiger partial charge in [0.1, 0.15) is 9.88 Å². The summed E-state index contributed by atoms with van der Waals surface area (Å²) in [6.45, 7) is 4.24. The van der Waals surface area contributed by atoms with E-state index in [9.17, 15) is 4.79 Å². The van der Waals surface area contributed by atoms with Gasteiger partial charge in [-0.1, -0.05) is 30.3 Å². The van der Waals surface area contributed by atoms with Crippen LogP contribution < -0.4 is 10.2 Å². The molecule has 0 bridgehead atoms. The lowest BCUT2D eigenvalue weighted by Crippen LogP contribution is -2.25. The number of nitrogens with zero attached hydrogens (tertiary/aromatic N) is 4. The highest BCUT2D eigenvalue weighted by Gasteiger charge is 2.17. The fourth-order valence-electron chi connectivity index (χ4n) is 3.11. The quantitative estimate of drug-likeness (QED) is 0.735. The van der Waals surface area contributed by atoms with Gasteiger partial charge in [-0.3, -0.25) is 4.79 Å². The molecule has 7 heteroatoms. The summed E-state index contributed by atoms with van der Waals surface area (Å²) in [6, 6.07) is 11.8. The Hall–Kier alpha value is -2.80. The van der Waals surface area contributed by atoms with E-state index in [1.807, 2.05) is 43.3 Å². The van der Waals surface area contributed by atoms with Crippen molar-refractivity contribution in [2.45, 2.75) is 26.3 Å². The molecule has 4 rings (SSSR count). The maximum Gasteiger partial charge on any atom is 0.263 e. The Morgan fingerprint density at radius 2 is 1.93 bits per heavy atom. The van der Waals surface area contributed by atoms with Crippen LogP contribution in [0.2, 0.25) is 0 Å². The molecule has 1 aliphatic rings. The number of carbonyl (C=O) groups excluding carboxylic acids is 1. The first-order chi connectivity index (χ1) is 13.2. The SMILES string of the molecule is Cc1nc(-c2ccccc2)sc1C(=O)NCc1ccnc(N2CCCC2)n1. The zero-order valence-electron chi connectivity index (χ0n) is 15.2. The second-order valence-corrected chi connectivity index (χ2v) is 7.52. The normalized spacial score (nSPS) is 13.7. The number of benzene rings is 1. The maximum atomic E-state index is 12.6. The minimum absolute atomic E-state index is 0.117. The van der Waals surface area contributed by atoms with Crippen molar-refractivity contribution in [3.8, 4) is 10.6 Å². The molecule has 1 saturated heterocycles. The van der Waals surface area contributed by atoms with Crippen LogP contribution in [0.4, 0.5) is 5.95 Å². The first-order valence-electron chi connectivity index (χ1n) is 9.08. The summed E-state index contributed by atoms with van der Waals surface area (Å²) in [7, 11) is 0. The van der Waals surface area contributed by atoms with Crippen molar-refractivity contribution in [1.29, 1.82) is 0 Å². The van der Waals surface area contributed by atoms with Gasteiger partial charge in [-0.05, 0) is 25.8 Å². The molecule has 1 aliphatic heterocycles. The average Bonchev–Trinajstić information content (AvgIpc) is 3.37. The van der Waals surface area contributed by atoms with Crippen LogP contribution in [0.5, 0.6) is 0 Å². The summed E-state index contributed by atoms with van der Waals surface area (Å²) < 4.78 is 0. The molecule has 0 saturated carbocycles. The van der Waals surface area contributed by atoms with Gasteiger partial charge in [-0.15, -0.1) is 11.3 Å². The average molecular weight is 379 g/mol. The van der Waals surface area contributed by atoms with Crippen LogP contribution in [-0.2, 0) is 6.54 Å². The second-order valence-electron chi connectivity index (χ2n) is 6.52. The van der Waals surface area contributed by atoms with Crippen molar-refractivity contribution in [2.75, 3.05) is 18.0 Å². The number of thiazole rings is 1. The predicted octanol–water partition coefficient (Wildman–Crippen LogP) is 3.44. The van der Waals surface area contributed by atoms with Gasteiger partial charge in [0.15, 0.2) is 0 Å². The van der Waals surface area contributed by atoms with Crippen molar-refractivity contribution in [2.24, 2.45) is 0 Å². The summed E-state index contributed by atoms with van der Waals surface area (Å²) in [4.78, 5) is 28.9. The molecule has 1 fully saturated rings. The molecule has 0 aliphatic carbocycles. The number of carbonyl (C=O) groups is 1. The number of amides is 1. The molecule has 0 spiro atoms. The van der Waals surface area contributed by atoms with E-state index in [0.29, 0.717) is 11.4 Å². The molecule has 27 heavy (non-hydrogen) atoms. The van der Waals surface area contributed by atoms with E-state index >= 15 is 0 Å². The zero-order chi connectivity index (χ0) is 18.6. The third kappa shape index (κ3) is 3.98. The summed E-state index contributed by atoms with van der Waals surface area (Å²) in [5, 5.41) is 3.82. The van der Waals surface area contributed by atoms with E-state index in [0.717, 1.165) is 41.0 Å². The minimum atomic E-state index is -0.117. The number of nitrogens with one attached hydrogen (secondary N) is 1. The van der Waals surface area contributed by atoms with E-state index < -0.39 is 0 Å². The van der Waals surface area contributed by atoms with E-state index in [1.165, 1.54) is 24.2 Å². The van der Waals surface area contributed by atoms with Crippen LogP contribution in [0.1, 0.15) is 33.9 Å². The molecular formula is C20H21N5OS. The molecular weight excluding hydrogens is 358 g/mol. The van der Waals surface area contributed by atoms with Crippen molar-refractivity contribution in [3.63, 3.8) is 0 Å². The molecule has 6 nitrogen and oxygen atoms in total. The molecule has 138 valence electrons. The number of hydrogen-bond donors (Lipinski definition) is 1. The smallest absolute Gasteiger partial charge is 0.263 e. The number of aryl methyl sites for hydroxylation is 1. The topological polar surface area (TPSA) is 71.0 Å². The number of aromatic nitrogens is 3. The summed E-state index contributed by atoms with van der Waals surface area (Å²) >= 11 is 1.42. The minimum Gasteiger partial charge on any atom is -0.346 e. The molecule has 0 atom stereocenters. The van der Waals surface area contributed by atoms with Gasteiger partial charge in [-0.25, -0.2) is 15.0 Å². The highest BCUT2D eigenvalue weighted by atomic mass is 32.1. The van der Waals surface area contributed by atoms with E-state index in [2.05, 4.69) is 25.2 Å². The number of hydrogen-bond acceptors (Lipinski definition) is 6. The third-order valence-corrected chi connectivity index (χ3v) is 5.75. The lowest BCUT2D eigenvalue weighted by molar-refractivity contribution is 0.0953. The van der Waals surface area contributed by atoms with Gasteiger partial charge in [0.2, 0.25) is 5.95 Å². The van der Waals surface area contributed by atoms with Crippen LogP contribution >= 0.6 is 11.3 Å². The zero-order valence-corrected chi connectivity index (χ0v) is 16.0. The van der Waals surface area contributed by atoms with Crippen LogP contribution in [-0.4, -0.2) is 33.9 Å². The van der Waals surface area contributed by atoms with E-state index in [4.69, 9.17) is 0 Å². The van der Waals surface area contributed by atoms with E-state index in [-0.39, 0.29) is 5.91 Å². The summed E-state index contributed by atoms with van der Waals surface area (Å²) in [5.41, 5.74) is 2.58. The maximum absolute atomic E-state index is 12.6. The first-order valence-corrected chi connectivity index (χ1v) is 9.90. The molecule has 0 radical (unpaired) electrons. The monoisotopic (exact) mass is 379 g/mol. The van der Waals surface area contributed by atoms with Gasteiger partial charge >= 0.3 is 0 Å². The molecule has 3 heterocycles. The highest BCUT2D eigenvalue weighted by molar-refractivity contribution is 7.17. The Morgan fingerprint density at radius 1 is 1.15 bits per heavy atom. The van der Waals surface area contributed by atoms with Crippen LogP contribution in [0.15, 0.2) is 42.6 Å².